The second-order valence-electron chi connectivity index (χ2n) is 6.68. The highest BCUT2D eigenvalue weighted by Gasteiger charge is 2.41. The predicted octanol–water partition coefficient (Wildman–Crippen LogP) is 3.84. The lowest BCUT2D eigenvalue weighted by Crippen LogP contribution is -2.28. The lowest BCUT2D eigenvalue weighted by atomic mass is 9.97. The van der Waals surface area contributed by atoms with Crippen LogP contribution in [0.15, 0.2) is 18.2 Å². The summed E-state index contributed by atoms with van der Waals surface area (Å²) in [6.45, 7) is 1.18. The molecule has 1 unspecified atom stereocenters. The minimum absolute atomic E-state index is 0.0896. The molecule has 3 aliphatic carbocycles. The van der Waals surface area contributed by atoms with E-state index in [1.165, 1.54) is 43.4 Å². The second kappa shape index (κ2) is 4.59. The van der Waals surface area contributed by atoms with Crippen molar-refractivity contribution in [1.82, 2.24) is 5.32 Å². The van der Waals surface area contributed by atoms with Gasteiger partial charge < -0.3 is 5.32 Å². The van der Waals surface area contributed by atoms with E-state index < -0.39 is 0 Å². The zero-order chi connectivity index (χ0) is 12.8. The molecular weight excluding hydrogens is 237 g/mol. The summed E-state index contributed by atoms with van der Waals surface area (Å²) in [6.07, 6.45) is 7.98. The van der Waals surface area contributed by atoms with Crippen LogP contribution in [0.3, 0.4) is 0 Å². The molecule has 1 atom stereocenters. The summed E-state index contributed by atoms with van der Waals surface area (Å²) < 4.78 is 13.2. The Kier molecular flexibility index (Phi) is 2.87. The van der Waals surface area contributed by atoms with Crippen molar-refractivity contribution in [1.29, 1.82) is 0 Å². The summed E-state index contributed by atoms with van der Waals surface area (Å²) in [5, 5.41) is 3.78. The molecule has 102 valence electrons. The number of aryl methyl sites for hydroxylation is 1. The van der Waals surface area contributed by atoms with Gasteiger partial charge in [-0.05, 0) is 86.1 Å². The average molecular weight is 259 g/mol. The Labute approximate surface area is 114 Å². The van der Waals surface area contributed by atoms with Crippen LogP contribution in [-0.2, 0) is 6.42 Å². The number of hydrogen-bond donors (Lipinski definition) is 1. The van der Waals surface area contributed by atoms with Crippen LogP contribution < -0.4 is 5.32 Å². The highest BCUT2D eigenvalue weighted by molar-refractivity contribution is 5.34. The van der Waals surface area contributed by atoms with Crippen molar-refractivity contribution in [2.45, 2.75) is 44.6 Å². The van der Waals surface area contributed by atoms with Gasteiger partial charge in [-0.3, -0.25) is 0 Å². The minimum atomic E-state index is -0.0896. The van der Waals surface area contributed by atoms with Gasteiger partial charge in [0, 0.05) is 6.04 Å². The first-order valence-electron chi connectivity index (χ1n) is 7.83. The van der Waals surface area contributed by atoms with Gasteiger partial charge in [0.15, 0.2) is 0 Å². The fraction of sp³-hybridized carbons (Fsp3) is 0.647. The Morgan fingerprint density at radius 3 is 2.53 bits per heavy atom. The second-order valence-corrected chi connectivity index (χ2v) is 6.68. The Balaban J connectivity index is 1.41. The van der Waals surface area contributed by atoms with E-state index in [0.29, 0.717) is 6.04 Å². The monoisotopic (exact) mass is 259 g/mol. The summed E-state index contributed by atoms with van der Waals surface area (Å²) in [4.78, 5) is 0. The maximum absolute atomic E-state index is 13.2. The minimum Gasteiger partial charge on any atom is -0.310 e. The molecule has 1 nitrogen and oxygen atoms in total. The summed E-state index contributed by atoms with van der Waals surface area (Å²) in [5.74, 6) is 2.85. The van der Waals surface area contributed by atoms with Crippen LogP contribution in [0, 0.1) is 23.6 Å². The quantitative estimate of drug-likeness (QED) is 0.847. The summed E-state index contributed by atoms with van der Waals surface area (Å²) in [7, 11) is 0. The largest absolute Gasteiger partial charge is 0.310 e. The van der Waals surface area contributed by atoms with Crippen molar-refractivity contribution in [3.05, 3.63) is 35.1 Å². The number of nitrogens with one attached hydrogen (secondary N) is 1. The Bertz CT molecular complexity index is 464. The molecule has 0 aromatic heterocycles. The fourth-order valence-electron chi connectivity index (χ4n) is 3.84. The molecule has 2 fully saturated rings. The molecule has 3 aliphatic rings. The van der Waals surface area contributed by atoms with Gasteiger partial charge in [0.05, 0.1) is 0 Å². The molecule has 0 bridgehead atoms. The number of hydrogen-bond acceptors (Lipinski definition) is 1. The number of halogens is 1. The molecule has 1 N–H and O–H groups in total. The van der Waals surface area contributed by atoms with E-state index in [-0.39, 0.29) is 5.82 Å². The van der Waals surface area contributed by atoms with Gasteiger partial charge in [-0.15, -0.1) is 0 Å². The van der Waals surface area contributed by atoms with Gasteiger partial charge in [-0.25, -0.2) is 4.39 Å². The van der Waals surface area contributed by atoms with Crippen molar-refractivity contribution in [3.8, 4) is 0 Å². The van der Waals surface area contributed by atoms with Crippen LogP contribution in [0.25, 0.3) is 0 Å². The Hall–Kier alpha value is -0.890. The highest BCUT2D eigenvalue weighted by Crippen LogP contribution is 2.49. The van der Waals surface area contributed by atoms with Crippen LogP contribution in [0.2, 0.25) is 0 Å². The van der Waals surface area contributed by atoms with Crippen molar-refractivity contribution in [2.24, 2.45) is 17.8 Å². The maximum Gasteiger partial charge on any atom is 0.123 e. The number of fused-ring (bicyclic) bond motifs is 1. The van der Waals surface area contributed by atoms with E-state index in [4.69, 9.17) is 0 Å². The van der Waals surface area contributed by atoms with Crippen molar-refractivity contribution in [3.63, 3.8) is 0 Å². The normalized spacial score (nSPS) is 25.9. The van der Waals surface area contributed by atoms with Crippen molar-refractivity contribution in [2.75, 3.05) is 6.54 Å². The van der Waals surface area contributed by atoms with Crippen LogP contribution in [0.5, 0.6) is 0 Å². The first kappa shape index (κ1) is 11.9. The molecule has 4 rings (SSSR count). The molecule has 1 aromatic rings. The van der Waals surface area contributed by atoms with E-state index in [1.54, 1.807) is 12.1 Å². The molecule has 1 aromatic carbocycles. The van der Waals surface area contributed by atoms with E-state index >= 15 is 0 Å². The van der Waals surface area contributed by atoms with Crippen molar-refractivity contribution < 1.29 is 4.39 Å². The van der Waals surface area contributed by atoms with Crippen LogP contribution in [-0.4, -0.2) is 6.54 Å². The third kappa shape index (κ3) is 2.43. The first-order valence-corrected chi connectivity index (χ1v) is 7.83. The summed E-state index contributed by atoms with van der Waals surface area (Å²) in [5.41, 5.74) is 2.55. The topological polar surface area (TPSA) is 12.0 Å². The smallest absolute Gasteiger partial charge is 0.123 e. The molecule has 0 radical (unpaired) electrons. The highest BCUT2D eigenvalue weighted by atomic mass is 19.1. The predicted molar refractivity (Wildman–Crippen MR) is 74.4 cm³/mol. The van der Waals surface area contributed by atoms with Crippen LogP contribution >= 0.6 is 0 Å². The number of benzene rings is 1. The zero-order valence-corrected chi connectivity index (χ0v) is 11.4. The maximum atomic E-state index is 13.2. The Morgan fingerprint density at radius 1 is 1.11 bits per heavy atom. The molecule has 0 aliphatic heterocycles. The molecule has 2 saturated carbocycles. The van der Waals surface area contributed by atoms with E-state index in [1.807, 2.05) is 6.07 Å². The third-order valence-corrected chi connectivity index (χ3v) is 5.24. The third-order valence-electron chi connectivity index (χ3n) is 5.24. The van der Waals surface area contributed by atoms with Crippen LogP contribution in [0.4, 0.5) is 4.39 Å². The lowest BCUT2D eigenvalue weighted by molar-refractivity contribution is 0.355. The van der Waals surface area contributed by atoms with Gasteiger partial charge in [-0.1, -0.05) is 6.07 Å². The van der Waals surface area contributed by atoms with Crippen molar-refractivity contribution >= 4 is 0 Å². The average Bonchev–Trinajstić information content (AvgIpc) is 3.29. The molecular formula is C17H22FN. The van der Waals surface area contributed by atoms with Crippen LogP contribution in [0.1, 0.15) is 49.3 Å². The van der Waals surface area contributed by atoms with Gasteiger partial charge in [-0.2, -0.15) is 0 Å². The SMILES string of the molecule is Fc1ccc2c(c1)CCC2NCC(C1CC1)C1CC1. The zero-order valence-electron chi connectivity index (χ0n) is 11.4. The van der Waals surface area contributed by atoms with Gasteiger partial charge in [0.2, 0.25) is 0 Å². The lowest BCUT2D eigenvalue weighted by Gasteiger charge is -2.20. The van der Waals surface area contributed by atoms with Gasteiger partial charge >= 0.3 is 0 Å². The van der Waals surface area contributed by atoms with Gasteiger partial charge in [0.25, 0.3) is 0 Å². The molecule has 0 spiro atoms. The van der Waals surface area contributed by atoms with E-state index in [9.17, 15) is 4.39 Å². The Morgan fingerprint density at radius 2 is 1.84 bits per heavy atom. The molecule has 2 heteroatoms. The molecule has 0 heterocycles. The number of rotatable bonds is 5. The molecule has 19 heavy (non-hydrogen) atoms. The van der Waals surface area contributed by atoms with E-state index in [2.05, 4.69) is 5.32 Å². The van der Waals surface area contributed by atoms with Gasteiger partial charge in [0.1, 0.15) is 5.82 Å². The molecule has 0 saturated heterocycles. The summed E-state index contributed by atoms with van der Waals surface area (Å²) >= 11 is 0. The standard InChI is InChI=1S/C17H22FN/c18-14-6-7-15-13(9-14)5-8-17(15)19-10-16(11-1-2-11)12-3-4-12/h6-7,9,11-12,16-17,19H,1-5,8,10H2. The van der Waals surface area contributed by atoms with E-state index in [0.717, 1.165) is 30.6 Å². The first-order chi connectivity index (χ1) is 9.31. The fourth-order valence-corrected chi connectivity index (χ4v) is 3.84. The molecule has 0 amide bonds. The summed E-state index contributed by atoms with van der Waals surface area (Å²) in [6, 6.07) is 5.78.